The average Bonchev–Trinajstić information content (AvgIpc) is 3.25. The van der Waals surface area contributed by atoms with Gasteiger partial charge in [0, 0.05) is 22.1 Å². The van der Waals surface area contributed by atoms with Gasteiger partial charge in [0.05, 0.1) is 4.91 Å². The smallest absolute Gasteiger partial charge is 0.267 e. The standard InChI is InChI=1S/C19H18BrN3OS2/c20-14-6-4-5-13(11-14)12-16-17(24)23(15-7-2-1-3-8-15)19(26-16)22-18-21-9-10-25-18/h4-6,9-12,15H,1-3,7-8H2/b16-12-,22-19+. The second-order valence-electron chi connectivity index (χ2n) is 6.34. The van der Waals surface area contributed by atoms with Crippen LogP contribution in [0.15, 0.2) is 50.2 Å². The van der Waals surface area contributed by atoms with Crippen LogP contribution < -0.4 is 0 Å². The zero-order valence-electron chi connectivity index (χ0n) is 14.1. The van der Waals surface area contributed by atoms with Crippen molar-refractivity contribution in [1.29, 1.82) is 0 Å². The Morgan fingerprint density at radius 1 is 1.27 bits per heavy atom. The molecule has 1 aromatic heterocycles. The molecule has 2 aliphatic rings. The van der Waals surface area contributed by atoms with E-state index in [4.69, 9.17) is 0 Å². The molecule has 4 nitrogen and oxygen atoms in total. The second-order valence-corrected chi connectivity index (χ2v) is 9.14. The molecule has 0 unspecified atom stereocenters. The fraction of sp³-hybridized carbons (Fsp3) is 0.316. The number of halogens is 1. The van der Waals surface area contributed by atoms with E-state index < -0.39 is 0 Å². The largest absolute Gasteiger partial charge is 0.283 e. The molecule has 1 amide bonds. The number of hydrogen-bond acceptors (Lipinski definition) is 5. The van der Waals surface area contributed by atoms with Gasteiger partial charge in [0.25, 0.3) is 5.91 Å². The van der Waals surface area contributed by atoms with Crippen LogP contribution in [-0.2, 0) is 4.79 Å². The molecule has 26 heavy (non-hydrogen) atoms. The minimum atomic E-state index is 0.0668. The number of hydrogen-bond donors (Lipinski definition) is 0. The van der Waals surface area contributed by atoms with Gasteiger partial charge in [-0.2, -0.15) is 4.99 Å². The fourth-order valence-electron chi connectivity index (χ4n) is 3.33. The van der Waals surface area contributed by atoms with Crippen molar-refractivity contribution in [3.05, 3.63) is 50.8 Å². The first kappa shape index (κ1) is 17.9. The Bertz CT molecular complexity index is 857. The molecule has 2 fully saturated rings. The number of amidine groups is 1. The monoisotopic (exact) mass is 447 g/mol. The molecule has 1 saturated heterocycles. The van der Waals surface area contributed by atoms with E-state index in [1.807, 2.05) is 40.6 Å². The average molecular weight is 448 g/mol. The van der Waals surface area contributed by atoms with E-state index in [-0.39, 0.29) is 11.9 Å². The number of thiazole rings is 1. The first-order valence-electron chi connectivity index (χ1n) is 8.67. The number of thioether (sulfide) groups is 1. The van der Waals surface area contributed by atoms with Crippen LogP contribution in [0.2, 0.25) is 0 Å². The molecule has 4 rings (SSSR count). The Morgan fingerprint density at radius 3 is 2.85 bits per heavy atom. The molecule has 2 heterocycles. The maximum atomic E-state index is 13.2. The van der Waals surface area contributed by atoms with Crippen molar-refractivity contribution in [1.82, 2.24) is 9.88 Å². The zero-order valence-corrected chi connectivity index (χ0v) is 17.3. The van der Waals surface area contributed by atoms with Crippen molar-refractivity contribution in [3.8, 4) is 0 Å². The first-order valence-corrected chi connectivity index (χ1v) is 11.2. The minimum Gasteiger partial charge on any atom is -0.283 e. The van der Waals surface area contributed by atoms with Gasteiger partial charge in [0.2, 0.25) is 5.13 Å². The lowest BCUT2D eigenvalue weighted by molar-refractivity contribution is -0.124. The van der Waals surface area contributed by atoms with E-state index in [9.17, 15) is 4.79 Å². The van der Waals surface area contributed by atoms with Crippen molar-refractivity contribution in [3.63, 3.8) is 0 Å². The molecule has 1 aromatic carbocycles. The number of amides is 1. The summed E-state index contributed by atoms with van der Waals surface area (Å²) in [5.41, 5.74) is 1.01. The molecule has 134 valence electrons. The van der Waals surface area contributed by atoms with E-state index >= 15 is 0 Å². The Kier molecular flexibility index (Phi) is 5.57. The lowest BCUT2D eigenvalue weighted by Gasteiger charge is -2.30. The second kappa shape index (κ2) is 8.06. The summed E-state index contributed by atoms with van der Waals surface area (Å²) in [6, 6.07) is 8.23. The molecular weight excluding hydrogens is 430 g/mol. The first-order chi connectivity index (χ1) is 12.7. The number of aromatic nitrogens is 1. The molecule has 0 spiro atoms. The van der Waals surface area contributed by atoms with Gasteiger partial charge in [-0.15, -0.1) is 11.3 Å². The molecule has 1 aliphatic heterocycles. The van der Waals surface area contributed by atoms with Crippen molar-refractivity contribution < 1.29 is 4.79 Å². The van der Waals surface area contributed by atoms with Gasteiger partial charge in [-0.25, -0.2) is 4.98 Å². The van der Waals surface area contributed by atoms with E-state index in [0.717, 1.165) is 33.0 Å². The van der Waals surface area contributed by atoms with Crippen LogP contribution in [0.3, 0.4) is 0 Å². The quantitative estimate of drug-likeness (QED) is 0.554. The Balaban J connectivity index is 1.69. The van der Waals surface area contributed by atoms with Crippen molar-refractivity contribution in [2.24, 2.45) is 4.99 Å². The highest BCUT2D eigenvalue weighted by Gasteiger charge is 2.38. The molecule has 0 atom stereocenters. The van der Waals surface area contributed by atoms with Gasteiger partial charge < -0.3 is 0 Å². The molecular formula is C19H18BrN3OS2. The molecule has 0 bridgehead atoms. The van der Waals surface area contributed by atoms with Crippen molar-refractivity contribution >= 4 is 61.3 Å². The molecule has 2 aromatic rings. The SMILES string of the molecule is O=C1/C(=C/c2cccc(Br)c2)S/C(=N/c2nccs2)N1C1CCCCC1. The van der Waals surface area contributed by atoms with Crippen molar-refractivity contribution in [2.75, 3.05) is 0 Å². The molecule has 0 N–H and O–H groups in total. The summed E-state index contributed by atoms with van der Waals surface area (Å²) in [6.45, 7) is 0. The predicted octanol–water partition coefficient (Wildman–Crippen LogP) is 5.84. The summed E-state index contributed by atoms with van der Waals surface area (Å²) < 4.78 is 1.00. The maximum absolute atomic E-state index is 13.2. The number of benzene rings is 1. The minimum absolute atomic E-state index is 0.0668. The van der Waals surface area contributed by atoms with Crippen LogP contribution in [0.5, 0.6) is 0 Å². The highest BCUT2D eigenvalue weighted by atomic mass is 79.9. The summed E-state index contributed by atoms with van der Waals surface area (Å²) in [7, 11) is 0. The van der Waals surface area contributed by atoms with Crippen LogP contribution in [0, 0.1) is 0 Å². The van der Waals surface area contributed by atoms with Gasteiger partial charge in [-0.05, 0) is 48.4 Å². The van der Waals surface area contributed by atoms with Crippen LogP contribution >= 0.6 is 39.0 Å². The lowest BCUT2D eigenvalue weighted by Crippen LogP contribution is -2.40. The van der Waals surface area contributed by atoms with Crippen LogP contribution in [0.25, 0.3) is 6.08 Å². The molecule has 7 heteroatoms. The summed E-state index contributed by atoms with van der Waals surface area (Å²) in [5.74, 6) is 0.0668. The third-order valence-corrected chi connectivity index (χ3v) is 6.68. The topological polar surface area (TPSA) is 45.6 Å². The number of rotatable bonds is 3. The summed E-state index contributed by atoms with van der Waals surface area (Å²) in [5, 5.41) is 3.37. The number of carbonyl (C=O) groups is 1. The van der Waals surface area contributed by atoms with Gasteiger partial charge in [-0.1, -0.05) is 47.3 Å². The maximum Gasteiger partial charge on any atom is 0.267 e. The van der Waals surface area contributed by atoms with Crippen molar-refractivity contribution in [2.45, 2.75) is 38.1 Å². The summed E-state index contributed by atoms with van der Waals surface area (Å²) >= 11 is 6.44. The highest BCUT2D eigenvalue weighted by molar-refractivity contribution is 9.10. The lowest BCUT2D eigenvalue weighted by atomic mass is 9.94. The molecule has 1 aliphatic carbocycles. The van der Waals surface area contributed by atoms with E-state index in [0.29, 0.717) is 5.13 Å². The van der Waals surface area contributed by atoms with Gasteiger partial charge >= 0.3 is 0 Å². The Hall–Kier alpha value is -1.44. The fourth-order valence-corrected chi connectivity index (χ4v) is 5.35. The van der Waals surface area contributed by atoms with E-state index in [1.54, 1.807) is 6.20 Å². The molecule has 1 saturated carbocycles. The van der Waals surface area contributed by atoms with Crippen LogP contribution in [0.4, 0.5) is 5.13 Å². The number of aliphatic imine (C=N–C) groups is 1. The Morgan fingerprint density at radius 2 is 2.12 bits per heavy atom. The summed E-state index contributed by atoms with van der Waals surface area (Å²) in [6.07, 6.45) is 9.40. The third kappa shape index (κ3) is 3.94. The molecule has 0 radical (unpaired) electrons. The van der Waals surface area contributed by atoms with Gasteiger partial charge in [0.15, 0.2) is 5.17 Å². The Labute approximate surface area is 169 Å². The van der Waals surface area contributed by atoms with Gasteiger partial charge in [-0.3, -0.25) is 9.69 Å². The third-order valence-electron chi connectivity index (χ3n) is 4.53. The predicted molar refractivity (Wildman–Crippen MR) is 113 cm³/mol. The van der Waals surface area contributed by atoms with Crippen LogP contribution in [-0.4, -0.2) is 27.0 Å². The highest BCUT2D eigenvalue weighted by Crippen LogP contribution is 2.38. The van der Waals surface area contributed by atoms with Gasteiger partial charge in [0.1, 0.15) is 0 Å². The number of carbonyl (C=O) groups excluding carboxylic acids is 1. The van der Waals surface area contributed by atoms with E-state index in [2.05, 4.69) is 25.9 Å². The van der Waals surface area contributed by atoms with E-state index in [1.165, 1.54) is 42.4 Å². The number of nitrogens with zero attached hydrogens (tertiary/aromatic N) is 3. The normalized spacial score (nSPS) is 21.9. The zero-order chi connectivity index (χ0) is 17.9. The summed E-state index contributed by atoms with van der Waals surface area (Å²) in [4.78, 5) is 24.7. The van der Waals surface area contributed by atoms with Crippen LogP contribution in [0.1, 0.15) is 37.7 Å².